The Balaban J connectivity index is 1.87. The highest BCUT2D eigenvalue weighted by atomic mass is 16.6. The maximum atomic E-state index is 12.4. The first-order valence-electron chi connectivity index (χ1n) is 9.14. The van der Waals surface area contributed by atoms with Gasteiger partial charge in [0.2, 0.25) is 5.76 Å². The van der Waals surface area contributed by atoms with Gasteiger partial charge in [-0.25, -0.2) is 10.2 Å². The van der Waals surface area contributed by atoms with Crippen LogP contribution in [0.3, 0.4) is 0 Å². The lowest BCUT2D eigenvalue weighted by atomic mass is 9.93. The predicted molar refractivity (Wildman–Crippen MR) is 102 cm³/mol. The number of carbonyl (C=O) groups excluding carboxylic acids is 2. The van der Waals surface area contributed by atoms with Gasteiger partial charge < -0.3 is 9.15 Å². The van der Waals surface area contributed by atoms with Crippen LogP contribution in [0.1, 0.15) is 70.1 Å². The topological polar surface area (TPSA) is 80.9 Å². The highest BCUT2D eigenvalue weighted by Gasteiger charge is 2.29. The van der Waals surface area contributed by atoms with Crippen LogP contribution in [0.15, 0.2) is 33.8 Å². The lowest BCUT2D eigenvalue weighted by Crippen LogP contribution is -2.22. The van der Waals surface area contributed by atoms with E-state index in [1.165, 1.54) is 0 Å². The van der Waals surface area contributed by atoms with Gasteiger partial charge in [0.15, 0.2) is 0 Å². The Morgan fingerprint density at radius 2 is 1.93 bits per heavy atom. The summed E-state index contributed by atoms with van der Waals surface area (Å²) in [6.07, 6.45) is 2.06. The second-order valence-electron chi connectivity index (χ2n) is 6.98. The van der Waals surface area contributed by atoms with Crippen LogP contribution >= 0.6 is 0 Å². The van der Waals surface area contributed by atoms with Gasteiger partial charge in [0.25, 0.3) is 5.91 Å². The Morgan fingerprint density at radius 3 is 2.63 bits per heavy atom. The molecule has 1 N–H and O–H groups in total. The molecule has 0 saturated carbocycles. The van der Waals surface area contributed by atoms with E-state index in [1.54, 1.807) is 19.9 Å². The van der Waals surface area contributed by atoms with Crippen molar-refractivity contribution < 1.29 is 18.7 Å². The first-order chi connectivity index (χ1) is 12.9. The zero-order valence-corrected chi connectivity index (χ0v) is 16.1. The van der Waals surface area contributed by atoms with E-state index in [2.05, 4.69) is 10.5 Å². The van der Waals surface area contributed by atoms with Crippen molar-refractivity contribution in [1.29, 1.82) is 0 Å². The maximum Gasteiger partial charge on any atom is 0.374 e. The van der Waals surface area contributed by atoms with Crippen molar-refractivity contribution in [2.75, 3.05) is 0 Å². The molecule has 0 aliphatic heterocycles. The fourth-order valence-electron chi connectivity index (χ4n) is 3.25. The van der Waals surface area contributed by atoms with Crippen molar-refractivity contribution in [3.05, 3.63) is 58.0 Å². The van der Waals surface area contributed by atoms with Crippen LogP contribution in [0.25, 0.3) is 0 Å². The van der Waals surface area contributed by atoms with Gasteiger partial charge in [-0.15, -0.1) is 0 Å². The number of rotatable bonds is 4. The van der Waals surface area contributed by atoms with Crippen LogP contribution in [0, 0.1) is 13.8 Å². The summed E-state index contributed by atoms with van der Waals surface area (Å²) in [4.78, 5) is 24.7. The Labute approximate surface area is 158 Å². The van der Waals surface area contributed by atoms with E-state index in [0.717, 1.165) is 35.4 Å². The Kier molecular flexibility index (Phi) is 5.44. The summed E-state index contributed by atoms with van der Waals surface area (Å²) < 4.78 is 11.0. The number of aryl methyl sites for hydroxylation is 2. The second kappa shape index (κ2) is 7.78. The molecular weight excluding hydrogens is 344 g/mol. The number of hydrazone groups is 1. The fourth-order valence-corrected chi connectivity index (χ4v) is 3.25. The number of benzene rings is 1. The largest absolute Gasteiger partial charge is 0.457 e. The number of nitrogens with one attached hydrogen (secondary N) is 1. The zero-order valence-electron chi connectivity index (χ0n) is 16.1. The van der Waals surface area contributed by atoms with Gasteiger partial charge in [-0.1, -0.05) is 18.2 Å². The Hall–Kier alpha value is -2.89. The molecule has 142 valence electrons. The summed E-state index contributed by atoms with van der Waals surface area (Å²) in [7, 11) is 0. The lowest BCUT2D eigenvalue weighted by molar-refractivity contribution is 0.0338. The monoisotopic (exact) mass is 368 g/mol. The van der Waals surface area contributed by atoms with E-state index in [0.29, 0.717) is 17.5 Å². The molecular formula is C21H24N2O4. The second-order valence-corrected chi connectivity index (χ2v) is 6.98. The average molecular weight is 368 g/mol. The Bertz CT molecular complexity index is 909. The van der Waals surface area contributed by atoms with Crippen LogP contribution in [0.5, 0.6) is 0 Å². The number of nitrogens with zero attached hydrogens (tertiary/aromatic N) is 1. The molecule has 1 aliphatic rings. The molecule has 2 aromatic rings. The number of carbonyl (C=O) groups is 2. The number of fused-ring (bicyclic) bond motifs is 1. The first-order valence-corrected chi connectivity index (χ1v) is 9.14. The van der Waals surface area contributed by atoms with Crippen LogP contribution in [-0.2, 0) is 11.2 Å². The maximum absolute atomic E-state index is 12.4. The van der Waals surface area contributed by atoms with Crippen molar-refractivity contribution in [3.63, 3.8) is 0 Å². The van der Waals surface area contributed by atoms with E-state index in [1.807, 2.05) is 32.0 Å². The molecule has 0 fully saturated rings. The SMILES string of the molecule is Cc1ccccc1C(=O)N/N=C1\CCCc2oc(C(=O)OC(C)C)c(C)c21. The van der Waals surface area contributed by atoms with Gasteiger partial charge in [0.1, 0.15) is 5.76 Å². The standard InChI is InChI=1S/C21H24N2O4/c1-12(2)26-21(25)19-14(4)18-16(10-7-11-17(18)27-19)22-23-20(24)15-9-6-5-8-13(15)3/h5-6,8-9,12H,7,10-11H2,1-4H3,(H,23,24)/b22-16+. The summed E-state index contributed by atoms with van der Waals surface area (Å²) in [5.41, 5.74) is 6.35. The van der Waals surface area contributed by atoms with E-state index in [4.69, 9.17) is 9.15 Å². The summed E-state index contributed by atoms with van der Waals surface area (Å²) in [5, 5.41) is 4.34. The molecule has 0 spiro atoms. The normalized spacial score (nSPS) is 14.9. The van der Waals surface area contributed by atoms with Crippen molar-refractivity contribution in [2.24, 2.45) is 5.10 Å². The summed E-state index contributed by atoms with van der Waals surface area (Å²) >= 11 is 0. The van der Waals surface area contributed by atoms with Crippen molar-refractivity contribution in [2.45, 2.75) is 53.1 Å². The molecule has 1 amide bonds. The number of amides is 1. The van der Waals surface area contributed by atoms with Crippen LogP contribution < -0.4 is 5.43 Å². The summed E-state index contributed by atoms with van der Waals surface area (Å²) in [5.74, 6) is 0.209. The number of ether oxygens (including phenoxy) is 1. The molecule has 6 heteroatoms. The van der Waals surface area contributed by atoms with Gasteiger partial charge in [-0.2, -0.15) is 5.10 Å². The molecule has 1 aromatic carbocycles. The van der Waals surface area contributed by atoms with Crippen LogP contribution in [-0.4, -0.2) is 23.7 Å². The smallest absolute Gasteiger partial charge is 0.374 e. The molecule has 6 nitrogen and oxygen atoms in total. The number of hydrogen-bond donors (Lipinski definition) is 1. The third kappa shape index (κ3) is 3.94. The zero-order chi connectivity index (χ0) is 19.6. The molecule has 1 aromatic heterocycles. The van der Waals surface area contributed by atoms with Crippen molar-refractivity contribution in [3.8, 4) is 0 Å². The molecule has 0 saturated heterocycles. The first kappa shape index (κ1) is 18.9. The third-order valence-electron chi connectivity index (χ3n) is 4.54. The molecule has 0 radical (unpaired) electrons. The number of hydrogen-bond acceptors (Lipinski definition) is 5. The minimum atomic E-state index is -0.472. The molecule has 3 rings (SSSR count). The van der Waals surface area contributed by atoms with Gasteiger partial charge in [0.05, 0.1) is 11.8 Å². The third-order valence-corrected chi connectivity index (χ3v) is 4.54. The number of esters is 1. The van der Waals surface area contributed by atoms with Crippen molar-refractivity contribution in [1.82, 2.24) is 5.43 Å². The average Bonchev–Trinajstić information content (AvgIpc) is 2.97. The van der Waals surface area contributed by atoms with E-state index in [-0.39, 0.29) is 17.8 Å². The van der Waals surface area contributed by atoms with Crippen LogP contribution in [0.2, 0.25) is 0 Å². The predicted octanol–water partition coefficient (Wildman–Crippen LogP) is 3.93. The molecule has 27 heavy (non-hydrogen) atoms. The van der Waals surface area contributed by atoms with Gasteiger partial charge in [-0.05, 0) is 52.2 Å². The molecule has 1 aliphatic carbocycles. The quantitative estimate of drug-likeness (QED) is 0.655. The number of furan rings is 1. The molecule has 1 heterocycles. The van der Waals surface area contributed by atoms with Gasteiger partial charge in [-0.3, -0.25) is 4.79 Å². The highest BCUT2D eigenvalue weighted by molar-refractivity contribution is 6.06. The fraction of sp³-hybridized carbons (Fsp3) is 0.381. The van der Waals surface area contributed by atoms with Crippen molar-refractivity contribution >= 4 is 17.6 Å². The van der Waals surface area contributed by atoms with Gasteiger partial charge in [0, 0.05) is 23.1 Å². The van der Waals surface area contributed by atoms with E-state index in [9.17, 15) is 9.59 Å². The van der Waals surface area contributed by atoms with E-state index >= 15 is 0 Å². The summed E-state index contributed by atoms with van der Waals surface area (Å²) in [6.45, 7) is 7.30. The lowest BCUT2D eigenvalue weighted by Gasteiger charge is -2.13. The minimum Gasteiger partial charge on any atom is -0.457 e. The van der Waals surface area contributed by atoms with E-state index < -0.39 is 5.97 Å². The molecule has 0 bridgehead atoms. The Morgan fingerprint density at radius 1 is 1.19 bits per heavy atom. The van der Waals surface area contributed by atoms with Crippen LogP contribution in [0.4, 0.5) is 0 Å². The minimum absolute atomic E-state index is 0.216. The molecule has 0 atom stereocenters. The highest BCUT2D eigenvalue weighted by Crippen LogP contribution is 2.30. The van der Waals surface area contributed by atoms with Gasteiger partial charge >= 0.3 is 5.97 Å². The molecule has 0 unspecified atom stereocenters. The summed E-state index contributed by atoms with van der Waals surface area (Å²) in [6, 6.07) is 7.35.